The second kappa shape index (κ2) is 8.69. The van der Waals surface area contributed by atoms with Crippen LogP contribution in [0.4, 0.5) is 0 Å². The van der Waals surface area contributed by atoms with Crippen LogP contribution >= 0.6 is 0 Å². The van der Waals surface area contributed by atoms with Crippen molar-refractivity contribution < 1.29 is 4.79 Å². The Morgan fingerprint density at radius 1 is 1.33 bits per heavy atom. The van der Waals surface area contributed by atoms with Crippen molar-refractivity contribution >= 4 is 5.91 Å². The van der Waals surface area contributed by atoms with Gasteiger partial charge in [0.15, 0.2) is 0 Å². The first-order chi connectivity index (χ1) is 13.0. The highest BCUT2D eigenvalue weighted by molar-refractivity contribution is 5.95. The number of aromatic nitrogens is 4. The Balaban J connectivity index is 1.71. The molecule has 1 amide bonds. The zero-order valence-corrected chi connectivity index (χ0v) is 17.1. The van der Waals surface area contributed by atoms with E-state index in [4.69, 9.17) is 0 Å². The molecule has 2 aromatic heterocycles. The second-order valence-corrected chi connectivity index (χ2v) is 7.74. The van der Waals surface area contributed by atoms with Crippen molar-refractivity contribution in [3.05, 3.63) is 35.7 Å². The number of aryl methyl sites for hydroxylation is 1. The van der Waals surface area contributed by atoms with Gasteiger partial charge >= 0.3 is 0 Å². The average molecular weight is 373 g/mol. The minimum absolute atomic E-state index is 0.103. The van der Waals surface area contributed by atoms with E-state index < -0.39 is 0 Å². The third-order valence-electron chi connectivity index (χ3n) is 5.38. The topological polar surface area (TPSA) is 59.2 Å². The molecule has 27 heavy (non-hydrogen) atoms. The van der Waals surface area contributed by atoms with E-state index in [1.54, 1.807) is 6.20 Å². The summed E-state index contributed by atoms with van der Waals surface area (Å²) in [6.07, 6.45) is 8.77. The van der Waals surface area contributed by atoms with Gasteiger partial charge < -0.3 is 14.4 Å². The molecule has 7 nitrogen and oxygen atoms in total. The number of hydrogen-bond donors (Lipinski definition) is 0. The number of carbonyl (C=O) groups is 1. The Morgan fingerprint density at radius 3 is 2.89 bits per heavy atom. The molecule has 3 rings (SSSR count). The fourth-order valence-corrected chi connectivity index (χ4v) is 3.81. The molecule has 0 aliphatic carbocycles. The molecular formula is C20H32N6O. The van der Waals surface area contributed by atoms with Crippen LogP contribution in [0, 0.1) is 6.92 Å². The minimum atomic E-state index is 0.103. The molecule has 0 spiro atoms. The summed E-state index contributed by atoms with van der Waals surface area (Å²) >= 11 is 0. The minimum Gasteiger partial charge on any atom is -0.338 e. The molecule has 0 N–H and O–H groups in total. The van der Waals surface area contributed by atoms with Crippen molar-refractivity contribution in [1.29, 1.82) is 0 Å². The lowest BCUT2D eigenvalue weighted by Gasteiger charge is -2.32. The van der Waals surface area contributed by atoms with E-state index in [2.05, 4.69) is 46.8 Å². The Labute approximate surface area is 162 Å². The number of amides is 1. The number of likely N-dealkylation sites (tertiary alicyclic amines) is 1. The van der Waals surface area contributed by atoms with Crippen molar-refractivity contribution in [2.45, 2.75) is 52.1 Å². The summed E-state index contributed by atoms with van der Waals surface area (Å²) in [6.45, 7) is 8.42. The molecule has 0 aromatic carbocycles. The van der Waals surface area contributed by atoms with Crippen LogP contribution in [0.1, 0.15) is 54.0 Å². The highest BCUT2D eigenvalue weighted by Crippen LogP contribution is 2.27. The molecule has 0 saturated carbocycles. The van der Waals surface area contributed by atoms with E-state index in [9.17, 15) is 4.79 Å². The molecule has 7 heteroatoms. The highest BCUT2D eigenvalue weighted by atomic mass is 16.2. The van der Waals surface area contributed by atoms with Gasteiger partial charge in [0.1, 0.15) is 5.82 Å². The van der Waals surface area contributed by atoms with Crippen LogP contribution in [0.2, 0.25) is 0 Å². The second-order valence-electron chi connectivity index (χ2n) is 7.74. The van der Waals surface area contributed by atoms with Gasteiger partial charge in [0.25, 0.3) is 5.91 Å². The quantitative estimate of drug-likeness (QED) is 0.749. The van der Waals surface area contributed by atoms with E-state index in [0.29, 0.717) is 5.92 Å². The van der Waals surface area contributed by atoms with Crippen molar-refractivity contribution in [2.75, 3.05) is 33.7 Å². The lowest BCUT2D eigenvalue weighted by atomic mass is 9.96. The smallest absolute Gasteiger partial charge is 0.257 e. The maximum absolute atomic E-state index is 13.1. The first-order valence-electron chi connectivity index (χ1n) is 9.98. The van der Waals surface area contributed by atoms with Crippen LogP contribution in [-0.4, -0.2) is 68.8 Å². The first kappa shape index (κ1) is 19.6. The molecule has 1 unspecified atom stereocenters. The number of imidazole rings is 1. The third-order valence-corrected chi connectivity index (χ3v) is 5.38. The van der Waals surface area contributed by atoms with E-state index in [-0.39, 0.29) is 5.91 Å². The Bertz CT molecular complexity index is 762. The van der Waals surface area contributed by atoms with Gasteiger partial charge in [-0.3, -0.25) is 9.48 Å². The Morgan fingerprint density at radius 2 is 2.15 bits per heavy atom. The molecule has 0 radical (unpaired) electrons. The van der Waals surface area contributed by atoms with Crippen LogP contribution in [0.15, 0.2) is 18.6 Å². The number of likely N-dealkylation sites (N-methyl/N-ethyl adjacent to an activating group) is 1. The summed E-state index contributed by atoms with van der Waals surface area (Å²) < 4.78 is 4.17. The third kappa shape index (κ3) is 4.40. The van der Waals surface area contributed by atoms with Gasteiger partial charge in [-0.2, -0.15) is 5.10 Å². The molecule has 1 atom stereocenters. The molecule has 1 aliphatic rings. The van der Waals surface area contributed by atoms with E-state index >= 15 is 0 Å². The molecule has 1 aliphatic heterocycles. The van der Waals surface area contributed by atoms with Gasteiger partial charge in [-0.1, -0.05) is 6.92 Å². The summed E-state index contributed by atoms with van der Waals surface area (Å²) in [6, 6.07) is 0. The van der Waals surface area contributed by atoms with E-state index in [1.807, 2.05) is 22.7 Å². The van der Waals surface area contributed by atoms with Gasteiger partial charge in [0.2, 0.25) is 0 Å². The summed E-state index contributed by atoms with van der Waals surface area (Å²) in [7, 11) is 4.16. The molecule has 148 valence electrons. The average Bonchev–Trinajstić information content (AvgIpc) is 3.27. The van der Waals surface area contributed by atoms with Gasteiger partial charge in [-0.25, -0.2) is 4.98 Å². The predicted octanol–water partition coefficient (Wildman–Crippen LogP) is 2.38. The largest absolute Gasteiger partial charge is 0.338 e. The normalized spacial score (nSPS) is 17.7. The maximum Gasteiger partial charge on any atom is 0.257 e. The number of carbonyl (C=O) groups excluding carboxylic acids is 1. The van der Waals surface area contributed by atoms with Gasteiger partial charge in [-0.05, 0) is 40.3 Å². The zero-order valence-electron chi connectivity index (χ0n) is 17.1. The van der Waals surface area contributed by atoms with E-state index in [0.717, 1.165) is 69.1 Å². The van der Waals surface area contributed by atoms with Crippen LogP contribution in [-0.2, 0) is 13.1 Å². The molecule has 1 fully saturated rings. The molecular weight excluding hydrogens is 340 g/mol. The number of piperidine rings is 1. The van der Waals surface area contributed by atoms with Crippen LogP contribution in [0.25, 0.3) is 0 Å². The molecule has 2 aromatic rings. The molecule has 3 heterocycles. The molecule has 0 bridgehead atoms. The number of hydrogen-bond acceptors (Lipinski definition) is 4. The zero-order chi connectivity index (χ0) is 19.4. The summed E-state index contributed by atoms with van der Waals surface area (Å²) in [4.78, 5) is 21.9. The van der Waals surface area contributed by atoms with Crippen LogP contribution < -0.4 is 0 Å². The Hall–Kier alpha value is -2.15. The SMILES string of the molecule is CCCn1ncc(C(=O)N2CCCC(c3nccn3CCN(C)C)C2)c1C. The fraction of sp³-hybridized carbons (Fsp3) is 0.650. The lowest BCUT2D eigenvalue weighted by Crippen LogP contribution is -2.40. The standard InChI is InChI=1S/C20H32N6O/c1-5-9-26-16(2)18(14-22-26)20(27)25-10-6-7-17(15-25)19-21-8-11-24(19)13-12-23(3)4/h8,11,14,17H,5-7,9-10,12-13,15H2,1-4H3. The predicted molar refractivity (Wildman–Crippen MR) is 106 cm³/mol. The van der Waals surface area contributed by atoms with Gasteiger partial charge in [-0.15, -0.1) is 0 Å². The number of nitrogens with zero attached hydrogens (tertiary/aromatic N) is 6. The molecule has 1 saturated heterocycles. The Kier molecular flexibility index (Phi) is 6.31. The summed E-state index contributed by atoms with van der Waals surface area (Å²) in [5.41, 5.74) is 1.71. The summed E-state index contributed by atoms with van der Waals surface area (Å²) in [5.74, 6) is 1.50. The van der Waals surface area contributed by atoms with Crippen LogP contribution in [0.5, 0.6) is 0 Å². The highest BCUT2D eigenvalue weighted by Gasteiger charge is 2.29. The number of rotatable bonds is 7. The van der Waals surface area contributed by atoms with Crippen molar-refractivity contribution in [3.8, 4) is 0 Å². The lowest BCUT2D eigenvalue weighted by molar-refractivity contribution is 0.0702. The van der Waals surface area contributed by atoms with Gasteiger partial charge in [0.05, 0.1) is 11.8 Å². The van der Waals surface area contributed by atoms with Gasteiger partial charge in [0, 0.05) is 56.7 Å². The van der Waals surface area contributed by atoms with Crippen molar-refractivity contribution in [1.82, 2.24) is 29.1 Å². The fourth-order valence-electron chi connectivity index (χ4n) is 3.81. The van der Waals surface area contributed by atoms with E-state index in [1.165, 1.54) is 0 Å². The monoisotopic (exact) mass is 372 g/mol. The maximum atomic E-state index is 13.1. The van der Waals surface area contributed by atoms with Crippen LogP contribution in [0.3, 0.4) is 0 Å². The van der Waals surface area contributed by atoms with Crippen molar-refractivity contribution in [2.24, 2.45) is 0 Å². The summed E-state index contributed by atoms with van der Waals surface area (Å²) in [5, 5.41) is 4.39. The van der Waals surface area contributed by atoms with Crippen molar-refractivity contribution in [3.63, 3.8) is 0 Å². The first-order valence-corrected chi connectivity index (χ1v) is 9.98.